The number of allylic oxidation sites excluding steroid dienone is 16. The van der Waals surface area contributed by atoms with E-state index in [9.17, 15) is 19.5 Å². The monoisotopic (exact) mass is 724 g/mol. The Hall–Kier alpha value is -3.75. The summed E-state index contributed by atoms with van der Waals surface area (Å²) in [5.74, 6) is -1.86. The second-order valence-corrected chi connectivity index (χ2v) is 13.6. The summed E-state index contributed by atoms with van der Waals surface area (Å²) in [6.45, 7) is 4.35. The quantitative estimate of drug-likeness (QED) is 0.0225. The number of rotatable bonds is 32. The minimum atomic E-state index is -1.14. The second-order valence-electron chi connectivity index (χ2n) is 13.6. The van der Waals surface area contributed by atoms with E-state index in [0.717, 1.165) is 38.5 Å². The molecule has 0 aliphatic heterocycles. The average molecular weight is 724 g/mol. The lowest BCUT2D eigenvalue weighted by Gasteiger charge is -2.34. The standard InChI is InChI=1S/C44H69NO7/c1-6-8-10-12-14-16-17-18-19-20-21-22-23-24-25-27-28-30-32-34-42(46)51-39-40(38-50-37-36-41(44(48)49)45(3,4)5)52-43(47)35-33-31-29-26-15-13-11-9-7-2/h8,10,12,14,16-26,29,40-41H,6-7,9,11,13,15,27-28,30-39H2,1-5H3/b10-8+,14-12+,17-16+,19-18+,21-20+,23-22+,25-24+,29-26+. The summed E-state index contributed by atoms with van der Waals surface area (Å²) in [7, 11) is 5.35. The van der Waals surface area contributed by atoms with Crippen molar-refractivity contribution in [2.45, 2.75) is 122 Å². The van der Waals surface area contributed by atoms with Gasteiger partial charge in [-0.25, -0.2) is 0 Å². The first kappa shape index (κ1) is 48.2. The van der Waals surface area contributed by atoms with E-state index in [4.69, 9.17) is 14.2 Å². The molecule has 0 spiro atoms. The highest BCUT2D eigenvalue weighted by molar-refractivity contribution is 5.70. The topological polar surface area (TPSA) is 102 Å². The molecule has 0 amide bonds. The summed E-state index contributed by atoms with van der Waals surface area (Å²) in [6.07, 6.45) is 44.4. The summed E-state index contributed by atoms with van der Waals surface area (Å²) in [4.78, 5) is 36.6. The first-order valence-electron chi connectivity index (χ1n) is 19.4. The van der Waals surface area contributed by atoms with Crippen molar-refractivity contribution in [3.8, 4) is 0 Å². The molecule has 0 aromatic rings. The van der Waals surface area contributed by atoms with Crippen LogP contribution in [0.4, 0.5) is 0 Å². The minimum Gasteiger partial charge on any atom is -0.544 e. The first-order valence-corrected chi connectivity index (χ1v) is 19.4. The molecule has 0 N–H and O–H groups in total. The van der Waals surface area contributed by atoms with Gasteiger partial charge in [0.15, 0.2) is 6.10 Å². The third kappa shape index (κ3) is 32.2. The summed E-state index contributed by atoms with van der Waals surface area (Å²) in [5, 5.41) is 11.6. The molecule has 0 aliphatic rings. The average Bonchev–Trinajstić information content (AvgIpc) is 3.09. The number of esters is 2. The molecule has 292 valence electrons. The lowest BCUT2D eigenvalue weighted by atomic mass is 10.1. The Morgan fingerprint density at radius 1 is 0.596 bits per heavy atom. The zero-order chi connectivity index (χ0) is 38.5. The summed E-state index contributed by atoms with van der Waals surface area (Å²) in [5.41, 5.74) is 0. The van der Waals surface area contributed by atoms with E-state index in [1.54, 1.807) is 21.1 Å². The van der Waals surface area contributed by atoms with Gasteiger partial charge in [-0.15, -0.1) is 0 Å². The molecule has 0 aliphatic carbocycles. The van der Waals surface area contributed by atoms with Crippen LogP contribution >= 0.6 is 0 Å². The zero-order valence-corrected chi connectivity index (χ0v) is 32.9. The highest BCUT2D eigenvalue weighted by Crippen LogP contribution is 2.10. The minimum absolute atomic E-state index is 0.00739. The van der Waals surface area contributed by atoms with Gasteiger partial charge in [0.25, 0.3) is 0 Å². The summed E-state index contributed by atoms with van der Waals surface area (Å²) < 4.78 is 17.0. The fourth-order valence-electron chi connectivity index (χ4n) is 4.88. The Morgan fingerprint density at radius 2 is 1.12 bits per heavy atom. The molecule has 0 fully saturated rings. The van der Waals surface area contributed by atoms with Gasteiger partial charge < -0.3 is 28.6 Å². The van der Waals surface area contributed by atoms with E-state index >= 15 is 0 Å². The summed E-state index contributed by atoms with van der Waals surface area (Å²) >= 11 is 0. The van der Waals surface area contributed by atoms with Crippen LogP contribution in [-0.2, 0) is 28.6 Å². The Balaban J connectivity index is 4.53. The number of ether oxygens (including phenoxy) is 3. The largest absolute Gasteiger partial charge is 0.544 e. The van der Waals surface area contributed by atoms with Crippen LogP contribution in [0.2, 0.25) is 0 Å². The Morgan fingerprint density at radius 3 is 1.67 bits per heavy atom. The Bertz CT molecular complexity index is 1170. The Labute approximate surface area is 316 Å². The number of aliphatic carboxylic acids is 1. The normalized spacial score (nSPS) is 14.1. The van der Waals surface area contributed by atoms with Crippen molar-refractivity contribution in [3.63, 3.8) is 0 Å². The van der Waals surface area contributed by atoms with E-state index < -0.39 is 18.1 Å². The number of likely N-dealkylation sites (N-methyl/N-ethyl adjacent to an activating group) is 1. The lowest BCUT2D eigenvalue weighted by molar-refractivity contribution is -0.889. The smallest absolute Gasteiger partial charge is 0.306 e. The lowest BCUT2D eigenvalue weighted by Crippen LogP contribution is -2.55. The van der Waals surface area contributed by atoms with E-state index in [1.807, 2.05) is 72.9 Å². The van der Waals surface area contributed by atoms with Crippen LogP contribution in [0.3, 0.4) is 0 Å². The maximum atomic E-state index is 12.6. The fourth-order valence-corrected chi connectivity index (χ4v) is 4.88. The first-order chi connectivity index (χ1) is 25.1. The number of hydrogen-bond donors (Lipinski definition) is 0. The van der Waals surface area contributed by atoms with Crippen molar-refractivity contribution >= 4 is 17.9 Å². The summed E-state index contributed by atoms with van der Waals surface area (Å²) in [6, 6.07) is -0.741. The number of carboxylic acid groups (broad SMARTS) is 1. The molecule has 0 heterocycles. The Kier molecular flexibility index (Phi) is 31.9. The van der Waals surface area contributed by atoms with Crippen molar-refractivity contribution in [2.75, 3.05) is 41.0 Å². The number of carboxylic acids is 1. The molecular formula is C44H69NO7. The number of hydrogen-bond acceptors (Lipinski definition) is 7. The molecule has 0 bridgehead atoms. The van der Waals surface area contributed by atoms with Gasteiger partial charge >= 0.3 is 11.9 Å². The predicted octanol–water partition coefficient (Wildman–Crippen LogP) is 8.62. The van der Waals surface area contributed by atoms with Crippen LogP contribution in [-0.4, -0.2) is 75.5 Å². The van der Waals surface area contributed by atoms with Gasteiger partial charge in [0, 0.05) is 19.3 Å². The third-order valence-corrected chi connectivity index (χ3v) is 7.90. The molecule has 0 rings (SSSR count). The second kappa shape index (κ2) is 34.3. The number of unbranched alkanes of at least 4 members (excludes halogenated alkanes) is 8. The fraction of sp³-hybridized carbons (Fsp3) is 0.568. The van der Waals surface area contributed by atoms with Crippen LogP contribution < -0.4 is 5.11 Å². The van der Waals surface area contributed by atoms with Crippen LogP contribution in [0, 0.1) is 0 Å². The molecule has 0 aromatic carbocycles. The number of quaternary nitrogens is 1. The molecule has 0 saturated carbocycles. The number of carbonyl (C=O) groups excluding carboxylic acids is 3. The number of carbonyl (C=O) groups is 3. The van der Waals surface area contributed by atoms with Crippen molar-refractivity contribution in [3.05, 3.63) is 97.2 Å². The maximum absolute atomic E-state index is 12.6. The zero-order valence-electron chi connectivity index (χ0n) is 32.9. The van der Waals surface area contributed by atoms with Crippen LogP contribution in [0.15, 0.2) is 97.2 Å². The molecule has 8 heteroatoms. The molecule has 2 unspecified atom stereocenters. The van der Waals surface area contributed by atoms with Gasteiger partial charge in [0.1, 0.15) is 12.6 Å². The van der Waals surface area contributed by atoms with Gasteiger partial charge in [-0.2, -0.15) is 0 Å². The SMILES string of the molecule is CC/C=C/C=C/C=C/C=C/C=C/C=C/C=C/CCCCCC(=O)OCC(COCCC(C(=O)[O-])[N+](C)(C)C)OC(=O)CCC/C=C/CCCCCC. The van der Waals surface area contributed by atoms with Crippen LogP contribution in [0.1, 0.15) is 110 Å². The van der Waals surface area contributed by atoms with Crippen molar-refractivity contribution in [2.24, 2.45) is 0 Å². The van der Waals surface area contributed by atoms with Crippen LogP contribution in [0.5, 0.6) is 0 Å². The molecule has 2 atom stereocenters. The highest BCUT2D eigenvalue weighted by atomic mass is 16.6. The molecule has 0 saturated heterocycles. The molecule has 8 nitrogen and oxygen atoms in total. The third-order valence-electron chi connectivity index (χ3n) is 7.90. The van der Waals surface area contributed by atoms with E-state index in [-0.39, 0.29) is 55.5 Å². The van der Waals surface area contributed by atoms with Gasteiger partial charge in [-0.3, -0.25) is 9.59 Å². The van der Waals surface area contributed by atoms with E-state index in [1.165, 1.54) is 25.7 Å². The van der Waals surface area contributed by atoms with Crippen molar-refractivity contribution < 1.29 is 38.2 Å². The predicted molar refractivity (Wildman–Crippen MR) is 212 cm³/mol. The van der Waals surface area contributed by atoms with E-state index in [0.29, 0.717) is 12.8 Å². The van der Waals surface area contributed by atoms with Gasteiger partial charge in [-0.1, -0.05) is 137 Å². The maximum Gasteiger partial charge on any atom is 0.306 e. The van der Waals surface area contributed by atoms with E-state index in [2.05, 4.69) is 38.2 Å². The molecular weight excluding hydrogens is 654 g/mol. The van der Waals surface area contributed by atoms with Crippen molar-refractivity contribution in [1.29, 1.82) is 0 Å². The van der Waals surface area contributed by atoms with Gasteiger partial charge in [0.2, 0.25) is 0 Å². The van der Waals surface area contributed by atoms with Gasteiger partial charge in [-0.05, 0) is 51.4 Å². The molecule has 52 heavy (non-hydrogen) atoms. The number of nitrogens with zero attached hydrogens (tertiary/aromatic N) is 1. The molecule has 0 radical (unpaired) electrons. The highest BCUT2D eigenvalue weighted by Gasteiger charge is 2.25. The van der Waals surface area contributed by atoms with Crippen LogP contribution in [0.25, 0.3) is 0 Å². The van der Waals surface area contributed by atoms with Gasteiger partial charge in [0.05, 0.1) is 40.3 Å². The molecule has 0 aromatic heterocycles. The van der Waals surface area contributed by atoms with Crippen molar-refractivity contribution in [1.82, 2.24) is 0 Å².